The second kappa shape index (κ2) is 30.5. The van der Waals surface area contributed by atoms with Crippen LogP contribution < -0.4 is 25.6 Å². The van der Waals surface area contributed by atoms with Crippen molar-refractivity contribution in [1.29, 1.82) is 0 Å². The van der Waals surface area contributed by atoms with Gasteiger partial charge in [-0.2, -0.15) is 9.97 Å². The lowest BCUT2D eigenvalue weighted by Gasteiger charge is -2.36. The zero-order chi connectivity index (χ0) is 61.5. The van der Waals surface area contributed by atoms with Gasteiger partial charge in [0, 0.05) is 61.9 Å². The van der Waals surface area contributed by atoms with Crippen molar-refractivity contribution < 1.29 is 33.4 Å². The number of fused-ring (bicyclic) bond motifs is 4. The van der Waals surface area contributed by atoms with Crippen molar-refractivity contribution in [3.8, 4) is 23.0 Å². The topological polar surface area (TPSA) is 187 Å². The van der Waals surface area contributed by atoms with E-state index in [1.807, 2.05) is 139 Å². The van der Waals surface area contributed by atoms with Crippen LogP contribution in [-0.4, -0.2) is 137 Å². The standard InChI is InChI=1S/C61H79FN10O6.3C2H6/c1-10-40-14-12-15-42-30-46(73)31-47(51(40)42)53-52(62)54-48(32-64-53)56(71-33-44-21-22-45(34-71)65-44)68-59(67-54)78-29-28-70-26-23-39(24-27-70)35-77-36-50(74)66-55(60(5,6)7)58(76)72-25-13-16-49(72)57(75)69-61(8,9)43-19-17-41(18-20-43)37(3)38(4)63-11-2;3*1-2/h11-12,14-15,17-20,30-32,39,44-45,49,55,65,73H,10,13,16,21-29,33-36H2,1-9H3,(H,66,74)(H,69,75);3*1-2H3/b38-37+,63-11?;;;. The summed E-state index contributed by atoms with van der Waals surface area (Å²) in [5, 5.41) is 22.8. The second-order valence-electron chi connectivity index (χ2n) is 23.4. The van der Waals surface area contributed by atoms with Gasteiger partial charge in [0.1, 0.15) is 48.1 Å². The van der Waals surface area contributed by atoms with E-state index < -0.39 is 28.9 Å². The molecular formula is C67H97FN10O6. The molecule has 458 valence electrons. The third kappa shape index (κ3) is 16.0. The Kier molecular flexibility index (Phi) is 24.2. The van der Waals surface area contributed by atoms with Crippen LogP contribution in [0.15, 0.2) is 71.5 Å². The van der Waals surface area contributed by atoms with Crippen LogP contribution in [0.3, 0.4) is 0 Å². The Balaban J connectivity index is 0.00000183. The number of aryl methyl sites for hydroxylation is 1. The number of rotatable bonds is 18. The van der Waals surface area contributed by atoms with Gasteiger partial charge < -0.3 is 40.3 Å². The minimum atomic E-state index is -0.860. The predicted molar refractivity (Wildman–Crippen MR) is 339 cm³/mol. The van der Waals surface area contributed by atoms with Gasteiger partial charge in [-0.1, -0.05) is 112 Å². The Morgan fingerprint density at radius 3 is 2.23 bits per heavy atom. The lowest BCUT2D eigenvalue weighted by atomic mass is 9.85. The number of carbonyl (C=O) groups is 3. The zero-order valence-electron chi connectivity index (χ0n) is 53.0. The number of anilines is 1. The Morgan fingerprint density at radius 2 is 1.58 bits per heavy atom. The summed E-state index contributed by atoms with van der Waals surface area (Å²) in [5.74, 6) is -0.584. The van der Waals surface area contributed by atoms with Crippen LogP contribution in [0.25, 0.3) is 38.5 Å². The Bertz CT molecular complexity index is 3070. The zero-order valence-corrected chi connectivity index (χ0v) is 53.0. The van der Waals surface area contributed by atoms with Crippen LogP contribution >= 0.6 is 0 Å². The highest BCUT2D eigenvalue weighted by Crippen LogP contribution is 2.39. The number of hydrogen-bond acceptors (Lipinski definition) is 13. The van der Waals surface area contributed by atoms with Gasteiger partial charge >= 0.3 is 6.01 Å². The van der Waals surface area contributed by atoms with Gasteiger partial charge in [0.25, 0.3) is 0 Å². The molecule has 2 bridgehead atoms. The second-order valence-corrected chi connectivity index (χ2v) is 23.4. The third-order valence-electron chi connectivity index (χ3n) is 16.4. The van der Waals surface area contributed by atoms with Crippen molar-refractivity contribution in [3.05, 3.63) is 89.0 Å². The normalized spacial score (nSPS) is 18.9. The molecule has 3 amide bonds. The first-order chi connectivity index (χ1) is 40.3. The number of aliphatic imine (C=N–C) groups is 1. The molecule has 4 unspecified atom stereocenters. The number of aromatic nitrogens is 3. The van der Waals surface area contributed by atoms with E-state index in [0.29, 0.717) is 68.0 Å². The quantitative estimate of drug-likeness (QED) is 0.0609. The van der Waals surface area contributed by atoms with Crippen molar-refractivity contribution in [3.63, 3.8) is 0 Å². The first-order valence-corrected chi connectivity index (χ1v) is 31.1. The number of amides is 3. The predicted octanol–water partition coefficient (Wildman–Crippen LogP) is 11.8. The van der Waals surface area contributed by atoms with Gasteiger partial charge in [-0.15, -0.1) is 0 Å². The summed E-state index contributed by atoms with van der Waals surface area (Å²) < 4.78 is 29.4. The van der Waals surface area contributed by atoms with E-state index in [2.05, 4.69) is 37.7 Å². The molecule has 84 heavy (non-hydrogen) atoms. The fraction of sp³-hybridized carbons (Fsp3) is 0.567. The SMILES string of the molecule is CC.CC.CC.CC=N/C(C)=C(\C)c1ccc(C(C)(C)NC(=O)C2CCCN2C(=O)C(NC(=O)COCC2CCN(CCOc3nc(N4CC5CCC(C4)N5)c4cnc(-c5cc(O)cc6cccc(CC)c56)c(F)c4n3)CC2)C(C)(C)C)cc1. The molecule has 4 N–H and O–H groups in total. The molecule has 9 rings (SSSR count). The van der Waals surface area contributed by atoms with E-state index in [4.69, 9.17) is 24.4 Å². The fourth-order valence-corrected chi connectivity index (χ4v) is 11.8. The molecule has 4 saturated heterocycles. The highest BCUT2D eigenvalue weighted by molar-refractivity contribution is 6.02. The molecule has 0 spiro atoms. The van der Waals surface area contributed by atoms with Crippen LogP contribution in [0.1, 0.15) is 159 Å². The maximum absolute atomic E-state index is 17.1. The summed E-state index contributed by atoms with van der Waals surface area (Å²) >= 11 is 0. The monoisotopic (exact) mass is 1160 g/mol. The van der Waals surface area contributed by atoms with Crippen LogP contribution in [0.4, 0.5) is 10.2 Å². The number of nitrogens with one attached hydrogen (secondary N) is 3. The fourth-order valence-electron chi connectivity index (χ4n) is 11.8. The summed E-state index contributed by atoms with van der Waals surface area (Å²) in [6, 6.07) is 16.5. The highest BCUT2D eigenvalue weighted by atomic mass is 19.1. The molecule has 0 radical (unpaired) electrons. The number of benzene rings is 3. The van der Waals surface area contributed by atoms with Gasteiger partial charge in [0.2, 0.25) is 17.7 Å². The van der Waals surface area contributed by atoms with Crippen molar-refractivity contribution >= 4 is 57.0 Å². The number of likely N-dealkylation sites (tertiary alicyclic amines) is 2. The van der Waals surface area contributed by atoms with Gasteiger partial charge in [0.05, 0.1) is 17.5 Å². The molecule has 4 atom stereocenters. The Morgan fingerprint density at radius 1 is 0.905 bits per heavy atom. The van der Waals surface area contributed by atoms with Crippen molar-refractivity contribution in [2.75, 3.05) is 64.0 Å². The molecule has 16 nitrogen and oxygen atoms in total. The molecule has 4 aliphatic rings. The van der Waals surface area contributed by atoms with E-state index in [-0.39, 0.29) is 53.2 Å². The smallest absolute Gasteiger partial charge is 0.319 e. The number of carbonyl (C=O) groups excluding carboxylic acids is 3. The van der Waals surface area contributed by atoms with Crippen LogP contribution in [0, 0.1) is 17.2 Å². The number of halogens is 1. The Labute approximate surface area is 499 Å². The molecule has 3 aromatic carbocycles. The molecule has 2 aromatic heterocycles. The average Bonchev–Trinajstić information content (AvgIpc) is 1.64. The minimum Gasteiger partial charge on any atom is -0.508 e. The largest absolute Gasteiger partial charge is 0.508 e. The number of hydrogen-bond donors (Lipinski definition) is 4. The number of pyridine rings is 1. The highest BCUT2D eigenvalue weighted by Gasteiger charge is 2.43. The van der Waals surface area contributed by atoms with Gasteiger partial charge in [-0.25, -0.2) is 4.39 Å². The Hall–Kier alpha value is -6.56. The van der Waals surface area contributed by atoms with Crippen molar-refractivity contribution in [2.45, 2.75) is 179 Å². The van der Waals surface area contributed by atoms with Gasteiger partial charge in [0.15, 0.2) is 5.82 Å². The van der Waals surface area contributed by atoms with E-state index >= 15 is 4.39 Å². The number of aromatic hydroxyl groups is 1. The van der Waals surface area contributed by atoms with E-state index in [1.54, 1.807) is 29.4 Å². The lowest BCUT2D eigenvalue weighted by Crippen LogP contribution is -2.59. The average molecular weight is 1160 g/mol. The number of piperazine rings is 1. The minimum absolute atomic E-state index is 0.0300. The maximum atomic E-state index is 17.1. The number of phenolic OH excluding ortho intramolecular Hbond substituents is 1. The van der Waals surface area contributed by atoms with Crippen LogP contribution in [0.5, 0.6) is 11.8 Å². The molecule has 17 heteroatoms. The van der Waals surface area contributed by atoms with Crippen LogP contribution in [0.2, 0.25) is 0 Å². The molecular weight excluding hydrogens is 1060 g/mol. The molecule has 4 fully saturated rings. The number of ether oxygens (including phenoxy) is 2. The van der Waals surface area contributed by atoms with Crippen molar-refractivity contribution in [2.24, 2.45) is 16.3 Å². The summed E-state index contributed by atoms with van der Waals surface area (Å²) in [6.07, 6.45) is 9.25. The lowest BCUT2D eigenvalue weighted by molar-refractivity contribution is -0.145. The third-order valence-corrected chi connectivity index (χ3v) is 16.4. The summed E-state index contributed by atoms with van der Waals surface area (Å²) in [4.78, 5) is 66.6. The van der Waals surface area contributed by atoms with Crippen molar-refractivity contribution in [1.82, 2.24) is 40.7 Å². The number of nitrogens with zero attached hydrogens (tertiary/aromatic N) is 7. The van der Waals surface area contributed by atoms with Crippen LogP contribution in [-0.2, 0) is 31.1 Å². The molecule has 6 heterocycles. The first-order valence-electron chi connectivity index (χ1n) is 31.1. The van der Waals surface area contributed by atoms with E-state index in [9.17, 15) is 19.5 Å². The van der Waals surface area contributed by atoms with E-state index in [1.165, 1.54) is 0 Å². The summed E-state index contributed by atoms with van der Waals surface area (Å²) in [7, 11) is 0. The van der Waals surface area contributed by atoms with Gasteiger partial charge in [-0.05, 0) is 149 Å². The number of allylic oxidation sites excluding steroid dienone is 2. The summed E-state index contributed by atoms with van der Waals surface area (Å²) in [6.45, 7) is 34.3. The molecule has 5 aromatic rings. The molecule has 0 saturated carbocycles. The number of phenols is 1. The number of piperidine rings is 1. The summed E-state index contributed by atoms with van der Waals surface area (Å²) in [5.41, 5.74) is 4.46. The van der Waals surface area contributed by atoms with Gasteiger partial charge in [-0.3, -0.25) is 29.3 Å². The molecule has 0 aliphatic carbocycles. The maximum Gasteiger partial charge on any atom is 0.319 e. The van der Waals surface area contributed by atoms with E-state index in [0.717, 1.165) is 97.0 Å². The molecule has 4 aliphatic heterocycles. The first kappa shape index (κ1) is 66.6.